The van der Waals surface area contributed by atoms with Crippen LogP contribution in [0.2, 0.25) is 10.0 Å². The Morgan fingerprint density at radius 3 is 2.10 bits per heavy atom. The first-order chi connectivity index (χ1) is 9.77. The second kappa shape index (κ2) is 6.47. The molecule has 6 heteroatoms. The monoisotopic (exact) mass is 352 g/mol. The molecule has 0 nitrogen and oxygen atoms in total. The molecule has 0 fully saturated rings. The van der Waals surface area contributed by atoms with Gasteiger partial charge in [-0.05, 0) is 41.8 Å². The van der Waals surface area contributed by atoms with Crippen LogP contribution in [-0.2, 0) is 12.6 Å². The summed E-state index contributed by atoms with van der Waals surface area (Å²) in [6.45, 7) is 0. The van der Waals surface area contributed by atoms with Gasteiger partial charge in [0, 0.05) is 10.0 Å². The minimum Gasteiger partial charge on any atom is -0.166 e. The Labute approximate surface area is 135 Å². The van der Waals surface area contributed by atoms with Crippen LogP contribution in [-0.4, -0.2) is 0 Å². The molecule has 1 unspecified atom stereocenters. The molecule has 0 heterocycles. The molecule has 0 aliphatic carbocycles. The predicted molar refractivity (Wildman–Crippen MR) is 80.2 cm³/mol. The Morgan fingerprint density at radius 2 is 1.57 bits per heavy atom. The van der Waals surface area contributed by atoms with E-state index in [1.165, 1.54) is 12.1 Å². The molecule has 2 aromatic carbocycles. The van der Waals surface area contributed by atoms with Crippen molar-refractivity contribution in [3.63, 3.8) is 0 Å². The molecule has 0 bridgehead atoms. The van der Waals surface area contributed by atoms with Crippen molar-refractivity contribution >= 4 is 34.8 Å². The minimum absolute atomic E-state index is 0.376. The third kappa shape index (κ3) is 4.29. The third-order valence-corrected chi connectivity index (χ3v) is 3.95. The Balaban J connectivity index is 2.14. The third-order valence-electron chi connectivity index (χ3n) is 3.00. The fourth-order valence-corrected chi connectivity index (χ4v) is 2.87. The van der Waals surface area contributed by atoms with E-state index in [2.05, 4.69) is 0 Å². The van der Waals surface area contributed by atoms with Crippen molar-refractivity contribution in [3.8, 4) is 0 Å². The summed E-state index contributed by atoms with van der Waals surface area (Å²) in [5.41, 5.74) is 0.721. The van der Waals surface area contributed by atoms with Crippen molar-refractivity contribution < 1.29 is 13.2 Å². The average Bonchev–Trinajstić information content (AvgIpc) is 2.38. The van der Waals surface area contributed by atoms with Crippen molar-refractivity contribution in [3.05, 3.63) is 69.2 Å². The minimum atomic E-state index is -4.33. The molecular formula is C15H10Cl3F3. The van der Waals surface area contributed by atoms with Crippen LogP contribution in [0.5, 0.6) is 0 Å². The van der Waals surface area contributed by atoms with Gasteiger partial charge in [-0.3, -0.25) is 0 Å². The van der Waals surface area contributed by atoms with E-state index in [1.54, 1.807) is 18.2 Å². The number of rotatable bonds is 3. The Bertz CT molecular complexity index is 621. The maximum atomic E-state index is 12.5. The Hall–Kier alpha value is -0.900. The van der Waals surface area contributed by atoms with E-state index >= 15 is 0 Å². The van der Waals surface area contributed by atoms with Crippen LogP contribution < -0.4 is 0 Å². The fraction of sp³-hybridized carbons (Fsp3) is 0.200. The molecule has 0 aliphatic heterocycles. The van der Waals surface area contributed by atoms with Gasteiger partial charge in [0.1, 0.15) is 0 Å². The van der Waals surface area contributed by atoms with Crippen LogP contribution in [0.15, 0.2) is 42.5 Å². The predicted octanol–water partition coefficient (Wildman–Crippen LogP) is 6.53. The Morgan fingerprint density at radius 1 is 0.952 bits per heavy atom. The quantitative estimate of drug-likeness (QED) is 0.550. The molecule has 21 heavy (non-hydrogen) atoms. The molecule has 2 aromatic rings. The lowest BCUT2D eigenvalue weighted by atomic mass is 10.0. The number of hydrogen-bond acceptors (Lipinski definition) is 0. The first-order valence-electron chi connectivity index (χ1n) is 6.02. The second-order valence-corrected chi connectivity index (χ2v) is 5.90. The van der Waals surface area contributed by atoms with E-state index < -0.39 is 17.1 Å². The molecular weight excluding hydrogens is 344 g/mol. The highest BCUT2D eigenvalue weighted by molar-refractivity contribution is 6.35. The zero-order valence-corrected chi connectivity index (χ0v) is 12.9. The fourth-order valence-electron chi connectivity index (χ4n) is 1.90. The van der Waals surface area contributed by atoms with Gasteiger partial charge in [-0.25, -0.2) is 0 Å². The van der Waals surface area contributed by atoms with Gasteiger partial charge in [0.05, 0.1) is 10.9 Å². The molecule has 0 aromatic heterocycles. The summed E-state index contributed by atoms with van der Waals surface area (Å²) in [5, 5.41) is 0.503. The van der Waals surface area contributed by atoms with Crippen molar-refractivity contribution in [1.29, 1.82) is 0 Å². The van der Waals surface area contributed by atoms with Gasteiger partial charge in [-0.2, -0.15) is 13.2 Å². The van der Waals surface area contributed by atoms with E-state index in [9.17, 15) is 13.2 Å². The van der Waals surface area contributed by atoms with Crippen molar-refractivity contribution in [2.75, 3.05) is 0 Å². The lowest BCUT2D eigenvalue weighted by Gasteiger charge is -2.13. The summed E-state index contributed by atoms with van der Waals surface area (Å²) >= 11 is 18.1. The summed E-state index contributed by atoms with van der Waals surface area (Å²) in [7, 11) is 0. The summed E-state index contributed by atoms with van der Waals surface area (Å²) in [5.74, 6) is 0. The zero-order chi connectivity index (χ0) is 15.6. The van der Waals surface area contributed by atoms with Gasteiger partial charge >= 0.3 is 6.18 Å². The van der Waals surface area contributed by atoms with E-state index in [0.717, 1.165) is 12.1 Å². The number of halogens is 6. The highest BCUT2D eigenvalue weighted by Gasteiger charge is 2.30. The van der Waals surface area contributed by atoms with E-state index in [0.29, 0.717) is 27.6 Å². The van der Waals surface area contributed by atoms with Crippen LogP contribution >= 0.6 is 34.8 Å². The molecule has 0 N–H and O–H groups in total. The largest absolute Gasteiger partial charge is 0.416 e. The van der Waals surface area contributed by atoms with Gasteiger partial charge in [0.2, 0.25) is 0 Å². The first-order valence-corrected chi connectivity index (χ1v) is 7.22. The summed E-state index contributed by atoms with van der Waals surface area (Å²) in [6, 6.07) is 9.90. The lowest BCUT2D eigenvalue weighted by molar-refractivity contribution is -0.137. The van der Waals surface area contributed by atoms with Crippen molar-refractivity contribution in [2.45, 2.75) is 18.0 Å². The summed E-state index contributed by atoms with van der Waals surface area (Å²) in [4.78, 5) is 0. The van der Waals surface area contributed by atoms with Gasteiger partial charge < -0.3 is 0 Å². The van der Waals surface area contributed by atoms with Crippen LogP contribution in [0.1, 0.15) is 22.1 Å². The lowest BCUT2D eigenvalue weighted by Crippen LogP contribution is -2.05. The normalized spacial score (nSPS) is 13.2. The van der Waals surface area contributed by atoms with Gasteiger partial charge in [-0.1, -0.05) is 41.4 Å². The second-order valence-electron chi connectivity index (χ2n) is 4.53. The molecule has 0 saturated heterocycles. The molecule has 0 amide bonds. The van der Waals surface area contributed by atoms with Crippen molar-refractivity contribution in [2.24, 2.45) is 0 Å². The molecule has 0 spiro atoms. The maximum Gasteiger partial charge on any atom is 0.416 e. The van der Waals surface area contributed by atoms with Crippen LogP contribution in [0, 0.1) is 0 Å². The number of alkyl halides is 4. The van der Waals surface area contributed by atoms with E-state index in [-0.39, 0.29) is 0 Å². The molecule has 0 radical (unpaired) electrons. The number of hydrogen-bond donors (Lipinski definition) is 0. The van der Waals surface area contributed by atoms with Crippen molar-refractivity contribution in [1.82, 2.24) is 0 Å². The smallest absolute Gasteiger partial charge is 0.166 e. The topological polar surface area (TPSA) is 0 Å². The zero-order valence-electron chi connectivity index (χ0n) is 10.6. The molecule has 112 valence electrons. The van der Waals surface area contributed by atoms with E-state index in [4.69, 9.17) is 34.8 Å². The summed E-state index contributed by atoms with van der Waals surface area (Å²) in [6.07, 6.45) is -3.96. The van der Waals surface area contributed by atoms with Gasteiger partial charge in [-0.15, -0.1) is 11.6 Å². The van der Waals surface area contributed by atoms with E-state index in [1.807, 2.05) is 0 Å². The first kappa shape index (κ1) is 16.5. The van der Waals surface area contributed by atoms with Crippen LogP contribution in [0.4, 0.5) is 13.2 Å². The number of benzene rings is 2. The summed E-state index contributed by atoms with van der Waals surface area (Å²) < 4.78 is 37.4. The van der Waals surface area contributed by atoms with Gasteiger partial charge in [0.15, 0.2) is 0 Å². The Kier molecular flexibility index (Phi) is 5.07. The average molecular weight is 354 g/mol. The van der Waals surface area contributed by atoms with Gasteiger partial charge in [0.25, 0.3) is 0 Å². The van der Waals surface area contributed by atoms with Crippen LogP contribution in [0.25, 0.3) is 0 Å². The molecule has 0 saturated carbocycles. The SMILES string of the molecule is FC(F)(F)c1ccc(CC(Cl)c2ccc(Cl)cc2Cl)cc1. The maximum absolute atomic E-state index is 12.5. The molecule has 0 aliphatic rings. The molecule has 2 rings (SSSR count). The molecule has 1 atom stereocenters. The highest BCUT2D eigenvalue weighted by atomic mass is 35.5. The van der Waals surface area contributed by atoms with Crippen LogP contribution in [0.3, 0.4) is 0 Å². The highest BCUT2D eigenvalue weighted by Crippen LogP contribution is 2.34. The standard InChI is InChI=1S/C15H10Cl3F3/c16-11-5-6-12(14(18)8-11)13(17)7-9-1-3-10(4-2-9)15(19,20)21/h1-6,8,13H,7H2.